The molecule has 0 saturated carbocycles. The van der Waals surface area contributed by atoms with Gasteiger partial charge in [-0.3, -0.25) is 4.84 Å². The first-order chi connectivity index (χ1) is 16.2. The quantitative estimate of drug-likeness (QED) is 0.382. The molecule has 168 valence electrons. The number of anilines is 1. The highest BCUT2D eigenvalue weighted by molar-refractivity contribution is 5.47. The van der Waals surface area contributed by atoms with Crippen LogP contribution >= 0.6 is 0 Å². The van der Waals surface area contributed by atoms with E-state index in [0.717, 1.165) is 26.1 Å². The summed E-state index contributed by atoms with van der Waals surface area (Å²) in [5.74, 6) is 0. The Morgan fingerprint density at radius 3 is 2.27 bits per heavy atom. The summed E-state index contributed by atoms with van der Waals surface area (Å²) in [5.41, 5.74) is 3.50. The van der Waals surface area contributed by atoms with E-state index < -0.39 is 0 Å². The van der Waals surface area contributed by atoms with Crippen LogP contribution in [0.3, 0.4) is 0 Å². The van der Waals surface area contributed by atoms with Crippen molar-refractivity contribution in [3.8, 4) is 0 Å². The van der Waals surface area contributed by atoms with Crippen molar-refractivity contribution in [3.05, 3.63) is 121 Å². The second kappa shape index (κ2) is 9.61. The van der Waals surface area contributed by atoms with Crippen molar-refractivity contribution in [1.29, 1.82) is 0 Å². The van der Waals surface area contributed by atoms with Crippen LogP contribution in [0.1, 0.15) is 17.5 Å². The topological polar surface area (TPSA) is 33.5 Å². The summed E-state index contributed by atoms with van der Waals surface area (Å²) in [4.78, 5) is 13.2. The number of nitrogens with zero attached hydrogens (tertiary/aromatic N) is 4. The van der Waals surface area contributed by atoms with E-state index in [2.05, 4.69) is 118 Å². The lowest BCUT2D eigenvalue weighted by molar-refractivity contribution is -0.172. The molecule has 33 heavy (non-hydrogen) atoms. The van der Waals surface area contributed by atoms with Gasteiger partial charge in [-0.15, -0.1) is 0 Å². The Hall–Kier alpha value is -3.41. The van der Waals surface area contributed by atoms with Crippen molar-refractivity contribution in [2.75, 3.05) is 18.5 Å². The molecule has 1 saturated heterocycles. The van der Waals surface area contributed by atoms with E-state index in [9.17, 15) is 0 Å². The van der Waals surface area contributed by atoms with E-state index in [-0.39, 0.29) is 11.6 Å². The van der Waals surface area contributed by atoms with Crippen LogP contribution in [-0.2, 0) is 23.5 Å². The van der Waals surface area contributed by atoms with E-state index in [4.69, 9.17) is 4.84 Å². The minimum absolute atomic E-state index is 0.0580. The van der Waals surface area contributed by atoms with Gasteiger partial charge >= 0.3 is 0 Å². The molecule has 5 nitrogen and oxygen atoms in total. The molecule has 2 heterocycles. The number of benzene rings is 3. The standard InChI is InChI=1S/C28H30N4O/c1-30-28(22-31-18-17-29-23-31,25-13-7-3-8-14-25)19-27(33-30)21-32(26-15-9-4-10-16-26)20-24-11-5-2-6-12-24/h2-18,23,27H,19-22H2,1H3. The molecule has 0 spiro atoms. The van der Waals surface area contributed by atoms with E-state index >= 15 is 0 Å². The molecule has 1 aliphatic heterocycles. The lowest BCUT2D eigenvalue weighted by Gasteiger charge is -2.34. The minimum atomic E-state index is -0.262. The van der Waals surface area contributed by atoms with E-state index in [0.29, 0.717) is 0 Å². The second-order valence-electron chi connectivity index (χ2n) is 8.76. The summed E-state index contributed by atoms with van der Waals surface area (Å²) >= 11 is 0. The lowest BCUT2D eigenvalue weighted by atomic mass is 9.85. The molecule has 0 radical (unpaired) electrons. The Kier molecular flexibility index (Phi) is 6.24. The Labute approximate surface area is 195 Å². The summed E-state index contributed by atoms with van der Waals surface area (Å²) in [6, 6.07) is 32.0. The highest BCUT2D eigenvalue weighted by Crippen LogP contribution is 2.41. The summed E-state index contributed by atoms with van der Waals surface area (Å²) in [5, 5.41) is 2.07. The van der Waals surface area contributed by atoms with Gasteiger partial charge in [0.2, 0.25) is 0 Å². The summed E-state index contributed by atoms with van der Waals surface area (Å²) in [6.07, 6.45) is 6.70. The first-order valence-electron chi connectivity index (χ1n) is 11.5. The zero-order valence-electron chi connectivity index (χ0n) is 19.0. The predicted molar refractivity (Wildman–Crippen MR) is 132 cm³/mol. The fourth-order valence-electron chi connectivity index (χ4n) is 4.90. The normalized spacial score (nSPS) is 20.7. The largest absolute Gasteiger partial charge is 0.365 e. The predicted octanol–water partition coefficient (Wildman–Crippen LogP) is 5.12. The van der Waals surface area contributed by atoms with Crippen LogP contribution in [0.4, 0.5) is 5.69 Å². The first kappa shape index (κ1) is 21.4. The maximum atomic E-state index is 6.53. The molecular weight excluding hydrogens is 408 g/mol. The van der Waals surface area contributed by atoms with Crippen molar-refractivity contribution in [2.24, 2.45) is 0 Å². The summed E-state index contributed by atoms with van der Waals surface area (Å²) in [7, 11) is 2.06. The Morgan fingerprint density at radius 1 is 0.939 bits per heavy atom. The number of hydrogen-bond donors (Lipinski definition) is 0. The fraction of sp³-hybridized carbons (Fsp3) is 0.250. The smallest absolute Gasteiger partial charge is 0.0990 e. The highest BCUT2D eigenvalue weighted by Gasteiger charge is 2.47. The van der Waals surface area contributed by atoms with Gasteiger partial charge in [-0.2, -0.15) is 5.06 Å². The van der Waals surface area contributed by atoms with Crippen LogP contribution < -0.4 is 4.90 Å². The molecule has 1 aromatic heterocycles. The third-order valence-electron chi connectivity index (χ3n) is 6.55. The molecule has 5 heteroatoms. The molecule has 2 unspecified atom stereocenters. The van der Waals surface area contributed by atoms with Gasteiger partial charge in [0.1, 0.15) is 0 Å². The average Bonchev–Trinajstić information content (AvgIpc) is 3.48. The van der Waals surface area contributed by atoms with Crippen LogP contribution in [0.5, 0.6) is 0 Å². The van der Waals surface area contributed by atoms with E-state index in [1.54, 1.807) is 0 Å². The van der Waals surface area contributed by atoms with Gasteiger partial charge in [-0.25, -0.2) is 4.98 Å². The van der Waals surface area contributed by atoms with Crippen molar-refractivity contribution in [3.63, 3.8) is 0 Å². The molecule has 2 atom stereocenters. The Morgan fingerprint density at radius 2 is 1.61 bits per heavy atom. The highest BCUT2D eigenvalue weighted by atomic mass is 16.7. The zero-order valence-corrected chi connectivity index (χ0v) is 19.0. The molecule has 1 fully saturated rings. The molecule has 1 aliphatic rings. The summed E-state index contributed by atoms with van der Waals surface area (Å²) in [6.45, 7) is 2.43. The third kappa shape index (κ3) is 4.70. The van der Waals surface area contributed by atoms with Crippen molar-refractivity contribution < 1.29 is 4.84 Å². The van der Waals surface area contributed by atoms with Gasteiger partial charge in [0.25, 0.3) is 0 Å². The van der Waals surface area contributed by atoms with Gasteiger partial charge in [-0.1, -0.05) is 78.9 Å². The van der Waals surface area contributed by atoms with Crippen LogP contribution in [0.2, 0.25) is 0 Å². The van der Waals surface area contributed by atoms with Gasteiger partial charge in [-0.05, 0) is 23.3 Å². The minimum Gasteiger partial charge on any atom is -0.365 e. The Bertz CT molecular complexity index is 1120. The fourth-order valence-corrected chi connectivity index (χ4v) is 4.90. The van der Waals surface area contributed by atoms with Crippen molar-refractivity contribution in [2.45, 2.75) is 31.2 Å². The number of hydrogen-bond acceptors (Lipinski definition) is 4. The van der Waals surface area contributed by atoms with Gasteiger partial charge in [0.05, 0.1) is 18.0 Å². The van der Waals surface area contributed by atoms with Crippen LogP contribution in [-0.4, -0.2) is 34.3 Å². The van der Waals surface area contributed by atoms with Gasteiger partial charge in [0, 0.05) is 51.2 Å². The average molecular weight is 439 g/mol. The molecule has 3 aromatic carbocycles. The molecule has 0 bridgehead atoms. The lowest BCUT2D eigenvalue weighted by Crippen LogP contribution is -2.41. The molecule has 5 rings (SSSR count). The maximum absolute atomic E-state index is 6.53. The monoisotopic (exact) mass is 438 g/mol. The van der Waals surface area contributed by atoms with E-state index in [1.165, 1.54) is 16.8 Å². The number of hydroxylamine groups is 2. The van der Waals surface area contributed by atoms with E-state index in [1.807, 2.05) is 18.7 Å². The third-order valence-corrected chi connectivity index (χ3v) is 6.55. The number of imidazole rings is 1. The van der Waals surface area contributed by atoms with Crippen LogP contribution in [0.15, 0.2) is 110 Å². The Balaban J connectivity index is 1.42. The van der Waals surface area contributed by atoms with Crippen LogP contribution in [0, 0.1) is 0 Å². The summed E-state index contributed by atoms with van der Waals surface area (Å²) < 4.78 is 2.15. The SMILES string of the molecule is CN1OC(CN(Cc2ccccc2)c2ccccc2)CC1(Cn1ccnc1)c1ccccc1. The zero-order chi connectivity index (χ0) is 22.5. The number of rotatable bonds is 8. The molecular formula is C28H30N4O. The van der Waals surface area contributed by atoms with Crippen molar-refractivity contribution >= 4 is 5.69 Å². The van der Waals surface area contributed by atoms with Crippen molar-refractivity contribution in [1.82, 2.24) is 14.6 Å². The molecule has 0 N–H and O–H groups in total. The number of para-hydroxylation sites is 1. The van der Waals surface area contributed by atoms with Gasteiger partial charge < -0.3 is 9.47 Å². The molecule has 0 amide bonds. The number of aromatic nitrogens is 2. The molecule has 4 aromatic rings. The first-order valence-corrected chi connectivity index (χ1v) is 11.5. The number of likely N-dealkylation sites (N-methyl/N-ethyl adjacent to an activating group) is 1. The van der Waals surface area contributed by atoms with Crippen LogP contribution in [0.25, 0.3) is 0 Å². The second-order valence-corrected chi connectivity index (χ2v) is 8.76. The van der Waals surface area contributed by atoms with Gasteiger partial charge in [0.15, 0.2) is 0 Å². The molecule has 0 aliphatic carbocycles. The maximum Gasteiger partial charge on any atom is 0.0990 e.